The summed E-state index contributed by atoms with van der Waals surface area (Å²) in [6.45, 7) is 0.595. The number of hydrogen-bond donors (Lipinski definition) is 2. The highest BCUT2D eigenvalue weighted by atomic mass is 32.1. The molecule has 2 aromatic carbocycles. The van der Waals surface area contributed by atoms with Crippen molar-refractivity contribution in [2.75, 3.05) is 0 Å². The van der Waals surface area contributed by atoms with Gasteiger partial charge in [0.25, 0.3) is 11.8 Å². The molecule has 0 aliphatic rings. The smallest absolute Gasteiger partial charge is 0.268 e. The van der Waals surface area contributed by atoms with Gasteiger partial charge in [0, 0.05) is 17.8 Å². The van der Waals surface area contributed by atoms with Crippen molar-refractivity contribution in [3.8, 4) is 10.6 Å². The van der Waals surface area contributed by atoms with Gasteiger partial charge >= 0.3 is 0 Å². The van der Waals surface area contributed by atoms with E-state index in [0.29, 0.717) is 6.54 Å². The second-order valence-electron chi connectivity index (χ2n) is 6.85. The summed E-state index contributed by atoms with van der Waals surface area (Å²) in [5.74, 6) is -1.95. The minimum absolute atomic E-state index is 0.154. The fourth-order valence-corrected chi connectivity index (χ4v) is 3.78. The molecule has 4 aromatic rings. The molecule has 0 atom stereocenters. The number of benzene rings is 2. The zero-order valence-corrected chi connectivity index (χ0v) is 17.7. The van der Waals surface area contributed by atoms with E-state index in [1.54, 1.807) is 23.5 Å². The van der Waals surface area contributed by atoms with Crippen LogP contribution in [0.3, 0.4) is 0 Å². The molecular weight excluding hydrogens is 427 g/mol. The number of nitrogens with zero attached hydrogens (tertiary/aromatic N) is 2. The van der Waals surface area contributed by atoms with Crippen LogP contribution >= 0.6 is 11.3 Å². The Morgan fingerprint density at radius 3 is 2.53 bits per heavy atom. The van der Waals surface area contributed by atoms with Crippen LogP contribution in [-0.2, 0) is 11.3 Å². The molecule has 32 heavy (non-hydrogen) atoms. The summed E-state index contributed by atoms with van der Waals surface area (Å²) in [7, 11) is 0. The minimum atomic E-state index is -0.736. The quantitative estimate of drug-likeness (QED) is 0.343. The normalized spacial score (nSPS) is 10.9. The molecule has 2 amide bonds. The van der Waals surface area contributed by atoms with E-state index in [4.69, 9.17) is 0 Å². The molecule has 0 saturated carbocycles. The Labute approximate surface area is 188 Å². The number of nitrogens with one attached hydrogen (secondary N) is 2. The third-order valence-electron chi connectivity index (χ3n) is 4.56. The predicted octanol–water partition coefficient (Wildman–Crippen LogP) is 4.27. The van der Waals surface area contributed by atoms with E-state index >= 15 is 0 Å². The Morgan fingerprint density at radius 2 is 1.78 bits per heavy atom. The van der Waals surface area contributed by atoms with Gasteiger partial charge < -0.3 is 0 Å². The fourth-order valence-electron chi connectivity index (χ4n) is 3.05. The Bertz CT molecular complexity index is 1250. The predicted molar refractivity (Wildman–Crippen MR) is 122 cm³/mol. The molecule has 0 aliphatic carbocycles. The van der Waals surface area contributed by atoms with Crippen molar-refractivity contribution in [1.29, 1.82) is 0 Å². The first-order chi connectivity index (χ1) is 15.6. The van der Waals surface area contributed by atoms with Gasteiger partial charge in [0.1, 0.15) is 11.5 Å². The number of rotatable bonds is 6. The van der Waals surface area contributed by atoms with Gasteiger partial charge in [-0.1, -0.05) is 48.5 Å². The summed E-state index contributed by atoms with van der Waals surface area (Å²) in [5.41, 5.74) is 6.95. The van der Waals surface area contributed by atoms with E-state index in [-0.39, 0.29) is 5.56 Å². The van der Waals surface area contributed by atoms with Crippen LogP contribution in [0.2, 0.25) is 0 Å². The molecule has 0 fully saturated rings. The van der Waals surface area contributed by atoms with Crippen molar-refractivity contribution in [1.82, 2.24) is 20.6 Å². The monoisotopic (exact) mass is 446 g/mol. The van der Waals surface area contributed by atoms with Crippen LogP contribution in [0.15, 0.2) is 84.4 Å². The molecule has 0 radical (unpaired) electrons. The maximum absolute atomic E-state index is 13.7. The van der Waals surface area contributed by atoms with Gasteiger partial charge in [-0.15, -0.1) is 11.3 Å². The summed E-state index contributed by atoms with van der Waals surface area (Å²) in [6.07, 6.45) is 4.79. The van der Waals surface area contributed by atoms with Crippen LogP contribution in [0.1, 0.15) is 21.5 Å². The SMILES string of the molecule is O=C(/C=C/c1cn(Cc2ccccc2)nc1-c1cccs1)NNC(=O)c1ccccc1F. The lowest BCUT2D eigenvalue weighted by Crippen LogP contribution is -2.41. The zero-order valence-electron chi connectivity index (χ0n) is 16.9. The molecule has 0 aliphatic heterocycles. The van der Waals surface area contributed by atoms with Gasteiger partial charge in [-0.05, 0) is 35.2 Å². The van der Waals surface area contributed by atoms with Gasteiger partial charge in [0.2, 0.25) is 0 Å². The van der Waals surface area contributed by atoms with E-state index in [9.17, 15) is 14.0 Å². The fraction of sp³-hybridized carbons (Fsp3) is 0.0417. The molecular formula is C24H19FN4O2S. The number of amides is 2. The molecule has 0 unspecified atom stereocenters. The maximum atomic E-state index is 13.7. The van der Waals surface area contributed by atoms with Crippen LogP contribution < -0.4 is 10.9 Å². The molecule has 6 nitrogen and oxygen atoms in total. The maximum Gasteiger partial charge on any atom is 0.272 e. The summed E-state index contributed by atoms with van der Waals surface area (Å²) < 4.78 is 15.5. The van der Waals surface area contributed by atoms with Crippen LogP contribution in [0.4, 0.5) is 4.39 Å². The number of hydrazine groups is 1. The number of aromatic nitrogens is 2. The lowest BCUT2D eigenvalue weighted by molar-refractivity contribution is -0.117. The van der Waals surface area contributed by atoms with E-state index in [1.165, 1.54) is 24.3 Å². The van der Waals surface area contributed by atoms with Crippen molar-refractivity contribution >= 4 is 29.2 Å². The summed E-state index contributed by atoms with van der Waals surface area (Å²) in [5, 5.41) is 6.64. The molecule has 160 valence electrons. The Morgan fingerprint density at radius 1 is 1.00 bits per heavy atom. The van der Waals surface area contributed by atoms with E-state index in [0.717, 1.165) is 21.7 Å². The Balaban J connectivity index is 1.46. The summed E-state index contributed by atoms with van der Waals surface area (Å²) in [6, 6.07) is 19.4. The number of halogens is 1. The van der Waals surface area contributed by atoms with Gasteiger partial charge in [0.05, 0.1) is 17.0 Å². The first kappa shape index (κ1) is 21.2. The molecule has 2 heterocycles. The number of carbonyl (C=O) groups is 2. The standard InChI is InChI=1S/C24H19FN4O2S/c25-20-10-5-4-9-19(20)24(31)27-26-22(30)13-12-18-16-29(15-17-7-2-1-3-8-17)28-23(18)21-11-6-14-32-21/h1-14,16H,15H2,(H,26,30)(H,27,31)/b13-12+. The van der Waals surface area contributed by atoms with Crippen LogP contribution in [-0.4, -0.2) is 21.6 Å². The molecule has 4 rings (SSSR count). The molecule has 2 aromatic heterocycles. The molecule has 8 heteroatoms. The third kappa shape index (κ3) is 5.16. The molecule has 2 N–H and O–H groups in total. The van der Waals surface area contributed by atoms with Crippen LogP contribution in [0.5, 0.6) is 0 Å². The lowest BCUT2D eigenvalue weighted by atomic mass is 10.2. The highest BCUT2D eigenvalue weighted by molar-refractivity contribution is 7.13. The van der Waals surface area contributed by atoms with E-state index in [1.807, 2.05) is 58.7 Å². The second kappa shape index (κ2) is 9.84. The van der Waals surface area contributed by atoms with Gasteiger partial charge in [-0.2, -0.15) is 5.10 Å². The van der Waals surface area contributed by atoms with Crippen molar-refractivity contribution < 1.29 is 14.0 Å². The average molecular weight is 447 g/mol. The van der Waals surface area contributed by atoms with E-state index in [2.05, 4.69) is 16.0 Å². The lowest BCUT2D eigenvalue weighted by Gasteiger charge is -2.05. The third-order valence-corrected chi connectivity index (χ3v) is 5.44. The molecule has 0 spiro atoms. The van der Waals surface area contributed by atoms with Crippen LogP contribution in [0, 0.1) is 5.82 Å². The van der Waals surface area contributed by atoms with Crippen molar-refractivity contribution in [3.05, 3.63) is 107 Å². The minimum Gasteiger partial charge on any atom is -0.268 e. The summed E-state index contributed by atoms with van der Waals surface area (Å²) in [4.78, 5) is 25.2. The first-order valence-electron chi connectivity index (χ1n) is 9.78. The summed E-state index contributed by atoms with van der Waals surface area (Å²) >= 11 is 1.55. The van der Waals surface area contributed by atoms with Crippen molar-refractivity contribution in [2.45, 2.75) is 6.54 Å². The van der Waals surface area contributed by atoms with Gasteiger partial charge in [-0.3, -0.25) is 25.1 Å². The average Bonchev–Trinajstić information content (AvgIpc) is 3.47. The van der Waals surface area contributed by atoms with Crippen LogP contribution in [0.25, 0.3) is 16.6 Å². The molecule has 0 bridgehead atoms. The molecule has 0 saturated heterocycles. The van der Waals surface area contributed by atoms with Crippen molar-refractivity contribution in [2.24, 2.45) is 0 Å². The Hall–Kier alpha value is -4.04. The highest BCUT2D eigenvalue weighted by Crippen LogP contribution is 2.27. The zero-order chi connectivity index (χ0) is 22.3. The number of carbonyl (C=O) groups excluding carboxylic acids is 2. The van der Waals surface area contributed by atoms with Gasteiger partial charge in [0.15, 0.2) is 0 Å². The van der Waals surface area contributed by atoms with Gasteiger partial charge in [-0.25, -0.2) is 4.39 Å². The highest BCUT2D eigenvalue weighted by Gasteiger charge is 2.13. The largest absolute Gasteiger partial charge is 0.272 e. The number of thiophene rings is 1. The Kier molecular flexibility index (Phi) is 6.52. The van der Waals surface area contributed by atoms with Crippen molar-refractivity contribution in [3.63, 3.8) is 0 Å². The number of hydrogen-bond acceptors (Lipinski definition) is 4. The van der Waals surface area contributed by atoms with E-state index < -0.39 is 17.6 Å². The topological polar surface area (TPSA) is 76.0 Å². The second-order valence-corrected chi connectivity index (χ2v) is 7.80. The first-order valence-corrected chi connectivity index (χ1v) is 10.7.